The van der Waals surface area contributed by atoms with E-state index in [0.29, 0.717) is 22.5 Å². The van der Waals surface area contributed by atoms with Crippen molar-refractivity contribution in [3.63, 3.8) is 0 Å². The van der Waals surface area contributed by atoms with E-state index >= 15 is 0 Å². The van der Waals surface area contributed by atoms with Crippen LogP contribution in [0.5, 0.6) is 0 Å². The molecule has 0 spiro atoms. The van der Waals surface area contributed by atoms with Gasteiger partial charge in [0.1, 0.15) is 6.54 Å². The molecular formula is C23H27ClN2O3S. The van der Waals surface area contributed by atoms with Crippen LogP contribution in [-0.4, -0.2) is 26.9 Å². The molecule has 4 rings (SSSR count). The average molecular weight is 447 g/mol. The highest BCUT2D eigenvalue weighted by atomic mass is 35.5. The zero-order valence-corrected chi connectivity index (χ0v) is 18.8. The summed E-state index contributed by atoms with van der Waals surface area (Å²) in [5.41, 5.74) is 2.20. The molecule has 0 heterocycles. The number of hydrogen-bond donors (Lipinski definition) is 1. The summed E-state index contributed by atoms with van der Waals surface area (Å²) in [5, 5.41) is 3.55. The number of halogens is 1. The fourth-order valence-corrected chi connectivity index (χ4v) is 6.28. The number of carbonyl (C=O) groups is 1. The minimum atomic E-state index is -3.93. The Balaban J connectivity index is 1.62. The van der Waals surface area contributed by atoms with E-state index in [1.807, 2.05) is 13.8 Å². The summed E-state index contributed by atoms with van der Waals surface area (Å²) in [6, 6.07) is 11.9. The van der Waals surface area contributed by atoms with Gasteiger partial charge in [0.2, 0.25) is 5.91 Å². The van der Waals surface area contributed by atoms with Crippen molar-refractivity contribution < 1.29 is 13.2 Å². The fourth-order valence-electron chi connectivity index (χ4n) is 4.69. The molecular weight excluding hydrogens is 420 g/mol. The lowest BCUT2D eigenvalue weighted by molar-refractivity contribution is -0.120. The second kappa shape index (κ2) is 8.23. The van der Waals surface area contributed by atoms with Crippen LogP contribution in [0.15, 0.2) is 47.4 Å². The molecule has 2 fully saturated rings. The van der Waals surface area contributed by atoms with E-state index in [4.69, 9.17) is 11.6 Å². The molecule has 1 N–H and O–H groups in total. The van der Waals surface area contributed by atoms with Crippen LogP contribution in [0.4, 0.5) is 5.69 Å². The van der Waals surface area contributed by atoms with Crippen LogP contribution in [-0.2, 0) is 14.8 Å². The Morgan fingerprint density at radius 2 is 1.83 bits per heavy atom. The van der Waals surface area contributed by atoms with Crippen LogP contribution in [0.1, 0.15) is 36.8 Å². The second-order valence-electron chi connectivity index (χ2n) is 8.61. The van der Waals surface area contributed by atoms with Gasteiger partial charge in [-0.25, -0.2) is 8.42 Å². The molecule has 2 aromatic rings. The van der Waals surface area contributed by atoms with Gasteiger partial charge >= 0.3 is 0 Å². The molecule has 1 amide bonds. The summed E-state index contributed by atoms with van der Waals surface area (Å²) in [4.78, 5) is 13.0. The average Bonchev–Trinajstić information content (AvgIpc) is 3.32. The second-order valence-corrected chi connectivity index (χ2v) is 10.9. The van der Waals surface area contributed by atoms with E-state index in [1.165, 1.54) is 12.8 Å². The molecule has 0 saturated heterocycles. The van der Waals surface area contributed by atoms with Crippen molar-refractivity contribution in [2.75, 3.05) is 10.8 Å². The standard InChI is InChI=1S/C23H27ClN2O3S/c1-15-3-9-20(10-4-15)30(28,29)26(19-8-5-16(2)21(24)13-19)14-23(27)25-22-12-17-6-7-18(22)11-17/h3-5,8-10,13,17-18,22H,6-7,11-12,14H2,1-2H3,(H,25,27)/t17-,18+,22-/m1/s1. The number of sulfonamides is 1. The van der Waals surface area contributed by atoms with Gasteiger partial charge in [-0.05, 0) is 74.8 Å². The first-order valence-corrected chi connectivity index (χ1v) is 12.2. The van der Waals surface area contributed by atoms with Crippen molar-refractivity contribution in [3.8, 4) is 0 Å². The lowest BCUT2D eigenvalue weighted by atomic mass is 9.95. The summed E-state index contributed by atoms with van der Waals surface area (Å²) in [6.07, 6.45) is 4.56. The number of rotatable bonds is 6. The third-order valence-electron chi connectivity index (χ3n) is 6.42. The summed E-state index contributed by atoms with van der Waals surface area (Å²) in [5.74, 6) is 0.943. The Bertz CT molecular complexity index is 1050. The maximum atomic E-state index is 13.4. The van der Waals surface area contributed by atoms with Crippen molar-refractivity contribution >= 4 is 33.2 Å². The SMILES string of the molecule is Cc1ccc(S(=O)(=O)N(CC(=O)N[C@@H]2C[C@@H]3CC[C@H]2C3)c2ccc(C)c(Cl)c2)cc1. The molecule has 30 heavy (non-hydrogen) atoms. The largest absolute Gasteiger partial charge is 0.352 e. The summed E-state index contributed by atoms with van der Waals surface area (Å²) < 4.78 is 28.0. The highest BCUT2D eigenvalue weighted by Crippen LogP contribution is 2.44. The van der Waals surface area contributed by atoms with E-state index < -0.39 is 10.0 Å². The van der Waals surface area contributed by atoms with Crippen LogP contribution >= 0.6 is 11.6 Å². The Morgan fingerprint density at radius 3 is 2.43 bits per heavy atom. The van der Waals surface area contributed by atoms with Gasteiger partial charge in [0.15, 0.2) is 0 Å². The first kappa shape index (κ1) is 21.2. The van der Waals surface area contributed by atoms with Crippen molar-refractivity contribution in [2.45, 2.75) is 50.5 Å². The monoisotopic (exact) mass is 446 g/mol. The van der Waals surface area contributed by atoms with Gasteiger partial charge in [-0.15, -0.1) is 0 Å². The van der Waals surface area contributed by atoms with Gasteiger partial charge in [0, 0.05) is 11.1 Å². The first-order chi connectivity index (χ1) is 14.2. The summed E-state index contributed by atoms with van der Waals surface area (Å²) in [7, 11) is -3.93. The molecule has 0 radical (unpaired) electrons. The maximum absolute atomic E-state index is 13.4. The van der Waals surface area contributed by atoms with Crippen LogP contribution in [0.25, 0.3) is 0 Å². The lowest BCUT2D eigenvalue weighted by Crippen LogP contribution is -2.46. The van der Waals surface area contributed by atoms with E-state index in [0.717, 1.165) is 28.3 Å². The molecule has 7 heteroatoms. The third kappa shape index (κ3) is 4.21. The highest BCUT2D eigenvalue weighted by Gasteiger charge is 2.40. The number of fused-ring (bicyclic) bond motifs is 2. The van der Waals surface area contributed by atoms with Crippen LogP contribution in [0, 0.1) is 25.7 Å². The van der Waals surface area contributed by atoms with Gasteiger partial charge in [0.05, 0.1) is 10.6 Å². The number of nitrogens with one attached hydrogen (secondary N) is 1. The van der Waals surface area contributed by atoms with Crippen molar-refractivity contribution in [1.29, 1.82) is 0 Å². The number of hydrogen-bond acceptors (Lipinski definition) is 3. The zero-order chi connectivity index (χ0) is 21.5. The normalized spacial score (nSPS) is 22.8. The van der Waals surface area contributed by atoms with Gasteiger partial charge in [0.25, 0.3) is 10.0 Å². The first-order valence-electron chi connectivity index (χ1n) is 10.4. The number of anilines is 1. The highest BCUT2D eigenvalue weighted by molar-refractivity contribution is 7.92. The van der Waals surface area contributed by atoms with Crippen LogP contribution < -0.4 is 9.62 Å². The van der Waals surface area contributed by atoms with Gasteiger partial charge in [-0.2, -0.15) is 0 Å². The van der Waals surface area contributed by atoms with E-state index in [1.54, 1.807) is 42.5 Å². The molecule has 5 nitrogen and oxygen atoms in total. The molecule has 2 bridgehead atoms. The number of carbonyl (C=O) groups excluding carboxylic acids is 1. The molecule has 2 aliphatic rings. The molecule has 2 aromatic carbocycles. The van der Waals surface area contributed by atoms with E-state index in [-0.39, 0.29) is 23.4 Å². The summed E-state index contributed by atoms with van der Waals surface area (Å²) in [6.45, 7) is 3.48. The van der Waals surface area contributed by atoms with E-state index in [2.05, 4.69) is 5.32 Å². The van der Waals surface area contributed by atoms with Crippen LogP contribution in [0.2, 0.25) is 5.02 Å². The van der Waals surface area contributed by atoms with Gasteiger partial charge < -0.3 is 5.32 Å². The molecule has 3 atom stereocenters. The van der Waals surface area contributed by atoms with Gasteiger partial charge in [-0.1, -0.05) is 41.8 Å². The van der Waals surface area contributed by atoms with Crippen molar-refractivity contribution in [3.05, 3.63) is 58.6 Å². The smallest absolute Gasteiger partial charge is 0.264 e. The Morgan fingerprint density at radius 1 is 1.10 bits per heavy atom. The Hall–Kier alpha value is -2.05. The zero-order valence-electron chi connectivity index (χ0n) is 17.3. The fraction of sp³-hybridized carbons (Fsp3) is 0.435. The van der Waals surface area contributed by atoms with Gasteiger partial charge in [-0.3, -0.25) is 9.10 Å². The predicted octanol–water partition coefficient (Wildman–Crippen LogP) is 4.46. The molecule has 2 aliphatic carbocycles. The Kier molecular flexibility index (Phi) is 5.82. The minimum Gasteiger partial charge on any atom is -0.352 e. The van der Waals surface area contributed by atoms with E-state index in [9.17, 15) is 13.2 Å². The van der Waals surface area contributed by atoms with Crippen molar-refractivity contribution in [2.24, 2.45) is 11.8 Å². The summed E-state index contributed by atoms with van der Waals surface area (Å²) >= 11 is 6.27. The Labute approximate surface area is 183 Å². The predicted molar refractivity (Wildman–Crippen MR) is 119 cm³/mol. The molecule has 0 unspecified atom stereocenters. The minimum absolute atomic E-state index is 0.150. The number of aryl methyl sites for hydroxylation is 2. The van der Waals surface area contributed by atoms with Crippen molar-refractivity contribution in [1.82, 2.24) is 5.32 Å². The third-order valence-corrected chi connectivity index (χ3v) is 8.62. The molecule has 0 aliphatic heterocycles. The number of nitrogens with zero attached hydrogens (tertiary/aromatic N) is 1. The lowest BCUT2D eigenvalue weighted by Gasteiger charge is -2.27. The maximum Gasteiger partial charge on any atom is 0.264 e. The quantitative estimate of drug-likeness (QED) is 0.712. The number of benzene rings is 2. The molecule has 0 aromatic heterocycles. The number of amides is 1. The molecule has 2 saturated carbocycles. The molecule has 160 valence electrons. The topological polar surface area (TPSA) is 66.5 Å². The van der Waals surface area contributed by atoms with Crippen LogP contribution in [0.3, 0.4) is 0 Å².